The molecule has 0 unspecified atom stereocenters. The van der Waals surface area contributed by atoms with Crippen molar-refractivity contribution in [3.05, 3.63) is 60.6 Å². The highest BCUT2D eigenvalue weighted by Gasteiger charge is 2.20. The molecule has 0 saturated carbocycles. The summed E-state index contributed by atoms with van der Waals surface area (Å²) in [5, 5.41) is 5.44. The Balaban J connectivity index is 1.37. The first kappa shape index (κ1) is 16.7. The quantitative estimate of drug-likeness (QED) is 0.724. The van der Waals surface area contributed by atoms with Gasteiger partial charge in [0.25, 0.3) is 0 Å². The molecule has 0 aliphatic carbocycles. The van der Waals surface area contributed by atoms with Crippen LogP contribution in [0.5, 0.6) is 0 Å². The highest BCUT2D eigenvalue weighted by Crippen LogP contribution is 2.13. The number of hydrogen-bond donors (Lipinski definition) is 0. The van der Waals surface area contributed by atoms with Gasteiger partial charge in [-0.05, 0) is 24.6 Å². The number of para-hydroxylation sites is 1. The maximum atomic E-state index is 12.8. The van der Waals surface area contributed by atoms with Gasteiger partial charge in [-0.3, -0.25) is 19.4 Å². The largest absolute Gasteiger partial charge is 0.340 e. The molecule has 0 radical (unpaired) electrons. The zero-order valence-electron chi connectivity index (χ0n) is 14.8. The summed E-state index contributed by atoms with van der Waals surface area (Å²) in [6, 6.07) is 14.0. The van der Waals surface area contributed by atoms with Gasteiger partial charge in [0.15, 0.2) is 0 Å². The molecule has 2 aromatic heterocycles. The van der Waals surface area contributed by atoms with Crippen molar-refractivity contribution in [3.8, 4) is 0 Å². The van der Waals surface area contributed by atoms with E-state index in [0.29, 0.717) is 6.54 Å². The predicted octanol–water partition coefficient (Wildman–Crippen LogP) is 2.17. The molecule has 1 amide bonds. The zero-order valence-corrected chi connectivity index (χ0v) is 14.8. The van der Waals surface area contributed by atoms with Gasteiger partial charge in [-0.15, -0.1) is 0 Å². The van der Waals surface area contributed by atoms with Crippen LogP contribution in [0.4, 0.5) is 0 Å². The Morgan fingerprint density at radius 2 is 1.88 bits per heavy atom. The van der Waals surface area contributed by atoms with Crippen LogP contribution in [0.2, 0.25) is 0 Å². The Labute approximate surface area is 153 Å². The van der Waals surface area contributed by atoms with Crippen molar-refractivity contribution in [2.75, 3.05) is 26.2 Å². The minimum absolute atomic E-state index is 0.138. The van der Waals surface area contributed by atoms with Crippen molar-refractivity contribution in [2.45, 2.75) is 19.5 Å². The number of pyridine rings is 1. The number of aromatic nitrogens is 3. The van der Waals surface area contributed by atoms with Crippen LogP contribution >= 0.6 is 0 Å². The second kappa shape index (κ2) is 7.66. The fourth-order valence-corrected chi connectivity index (χ4v) is 3.48. The summed E-state index contributed by atoms with van der Waals surface area (Å²) in [6.07, 6.45) is 4.63. The van der Waals surface area contributed by atoms with E-state index >= 15 is 0 Å². The Morgan fingerprint density at radius 3 is 2.77 bits per heavy atom. The van der Waals surface area contributed by atoms with E-state index in [1.165, 1.54) is 0 Å². The van der Waals surface area contributed by atoms with Crippen molar-refractivity contribution in [1.29, 1.82) is 0 Å². The third-order valence-electron chi connectivity index (χ3n) is 4.89. The van der Waals surface area contributed by atoms with Gasteiger partial charge in [0.2, 0.25) is 5.91 Å². The predicted molar refractivity (Wildman–Crippen MR) is 100 cm³/mol. The van der Waals surface area contributed by atoms with Crippen LogP contribution in [-0.2, 0) is 17.9 Å². The van der Waals surface area contributed by atoms with Crippen LogP contribution in [0.15, 0.2) is 54.9 Å². The molecular formula is C20H23N5O. The molecule has 0 N–H and O–H groups in total. The number of carbonyl (C=O) groups is 1. The fraction of sp³-hybridized carbons (Fsp3) is 0.350. The van der Waals surface area contributed by atoms with Crippen molar-refractivity contribution in [1.82, 2.24) is 24.6 Å². The van der Waals surface area contributed by atoms with E-state index < -0.39 is 0 Å². The Morgan fingerprint density at radius 1 is 1.00 bits per heavy atom. The molecule has 6 nitrogen and oxygen atoms in total. The Kier molecular flexibility index (Phi) is 4.93. The number of carbonyl (C=O) groups excluding carboxylic acids is 1. The molecule has 0 atom stereocenters. The minimum atomic E-state index is 0.138. The van der Waals surface area contributed by atoms with Crippen LogP contribution in [0.25, 0.3) is 10.9 Å². The molecule has 26 heavy (non-hydrogen) atoms. The molecule has 134 valence electrons. The number of nitrogens with zero attached hydrogens (tertiary/aromatic N) is 5. The molecule has 1 aliphatic heterocycles. The summed E-state index contributed by atoms with van der Waals surface area (Å²) in [4.78, 5) is 21.5. The molecule has 0 bridgehead atoms. The monoisotopic (exact) mass is 349 g/mol. The summed E-state index contributed by atoms with van der Waals surface area (Å²) in [5.41, 5.74) is 2.09. The molecule has 1 saturated heterocycles. The van der Waals surface area contributed by atoms with Gasteiger partial charge in [0.05, 0.1) is 17.4 Å². The maximum absolute atomic E-state index is 12.8. The van der Waals surface area contributed by atoms with Gasteiger partial charge in [-0.25, -0.2) is 0 Å². The summed E-state index contributed by atoms with van der Waals surface area (Å²) in [5.74, 6) is 0.138. The maximum Gasteiger partial charge on any atom is 0.244 e. The first-order chi connectivity index (χ1) is 12.8. The van der Waals surface area contributed by atoms with Gasteiger partial charge in [-0.2, -0.15) is 5.10 Å². The van der Waals surface area contributed by atoms with E-state index in [1.54, 1.807) is 4.68 Å². The van der Waals surface area contributed by atoms with Crippen molar-refractivity contribution in [3.63, 3.8) is 0 Å². The van der Waals surface area contributed by atoms with E-state index in [-0.39, 0.29) is 5.91 Å². The smallest absolute Gasteiger partial charge is 0.244 e. The van der Waals surface area contributed by atoms with Crippen molar-refractivity contribution in [2.24, 2.45) is 0 Å². The molecule has 6 heteroatoms. The lowest BCUT2D eigenvalue weighted by Crippen LogP contribution is -2.37. The summed E-state index contributed by atoms with van der Waals surface area (Å²) in [7, 11) is 0. The fourth-order valence-electron chi connectivity index (χ4n) is 3.48. The molecule has 1 aromatic carbocycles. The molecule has 3 aromatic rings. The number of benzene rings is 1. The molecule has 0 spiro atoms. The van der Waals surface area contributed by atoms with Gasteiger partial charge in [0, 0.05) is 44.3 Å². The summed E-state index contributed by atoms with van der Waals surface area (Å²) in [6.45, 7) is 4.56. The third kappa shape index (κ3) is 3.75. The Bertz CT molecular complexity index is 876. The molecule has 4 rings (SSSR count). The van der Waals surface area contributed by atoms with Crippen molar-refractivity contribution < 1.29 is 4.79 Å². The SMILES string of the molecule is O=C(Cn1ncc2ccccc21)N1CCCN(Cc2ccccn2)CC1. The zero-order chi connectivity index (χ0) is 17.8. The molecule has 3 heterocycles. The van der Waals surface area contributed by atoms with Crippen LogP contribution in [0.1, 0.15) is 12.1 Å². The number of fused-ring (bicyclic) bond motifs is 1. The van der Waals surface area contributed by atoms with E-state index in [9.17, 15) is 4.79 Å². The standard InChI is InChI=1S/C20H23N5O/c26-20(16-25-19-8-2-1-6-17(19)14-22-25)24-11-5-10-23(12-13-24)15-18-7-3-4-9-21-18/h1-4,6-9,14H,5,10-13,15-16H2. The average Bonchev–Trinajstić information content (AvgIpc) is 2.92. The lowest BCUT2D eigenvalue weighted by atomic mass is 10.2. The average molecular weight is 349 g/mol. The molecule has 1 aliphatic rings. The first-order valence-corrected chi connectivity index (χ1v) is 9.10. The van der Waals surface area contributed by atoms with Crippen LogP contribution < -0.4 is 0 Å². The minimum Gasteiger partial charge on any atom is -0.340 e. The first-order valence-electron chi connectivity index (χ1n) is 9.10. The van der Waals surface area contributed by atoms with E-state index in [2.05, 4.69) is 21.0 Å². The van der Waals surface area contributed by atoms with E-state index in [0.717, 1.165) is 55.7 Å². The second-order valence-corrected chi connectivity index (χ2v) is 6.69. The highest BCUT2D eigenvalue weighted by atomic mass is 16.2. The van der Waals surface area contributed by atoms with Crippen LogP contribution in [0.3, 0.4) is 0 Å². The number of rotatable bonds is 4. The van der Waals surface area contributed by atoms with Gasteiger partial charge in [-0.1, -0.05) is 24.3 Å². The topological polar surface area (TPSA) is 54.3 Å². The highest BCUT2D eigenvalue weighted by molar-refractivity contribution is 5.82. The second-order valence-electron chi connectivity index (χ2n) is 6.69. The number of amides is 1. The Hall–Kier alpha value is -2.73. The number of hydrogen-bond acceptors (Lipinski definition) is 4. The lowest BCUT2D eigenvalue weighted by molar-refractivity contribution is -0.131. The van der Waals surface area contributed by atoms with Crippen molar-refractivity contribution >= 4 is 16.8 Å². The van der Waals surface area contributed by atoms with Gasteiger partial charge >= 0.3 is 0 Å². The van der Waals surface area contributed by atoms with Crippen LogP contribution in [-0.4, -0.2) is 56.7 Å². The molecule has 1 fully saturated rings. The summed E-state index contributed by atoms with van der Waals surface area (Å²) < 4.78 is 1.80. The van der Waals surface area contributed by atoms with Crippen LogP contribution in [0, 0.1) is 0 Å². The summed E-state index contributed by atoms with van der Waals surface area (Å²) >= 11 is 0. The normalized spacial score (nSPS) is 15.9. The lowest BCUT2D eigenvalue weighted by Gasteiger charge is -2.22. The third-order valence-corrected chi connectivity index (χ3v) is 4.89. The molecular weight excluding hydrogens is 326 g/mol. The van der Waals surface area contributed by atoms with E-state index in [4.69, 9.17) is 0 Å². The van der Waals surface area contributed by atoms with Gasteiger partial charge < -0.3 is 4.90 Å². The van der Waals surface area contributed by atoms with Gasteiger partial charge in [0.1, 0.15) is 6.54 Å². The van der Waals surface area contributed by atoms with E-state index in [1.807, 2.05) is 53.7 Å².